The van der Waals surface area contributed by atoms with Gasteiger partial charge >= 0.3 is 0 Å². The fraction of sp³-hybridized carbons (Fsp3) is 0.429. The zero-order valence-electron chi connectivity index (χ0n) is 11.0. The van der Waals surface area contributed by atoms with E-state index >= 15 is 0 Å². The van der Waals surface area contributed by atoms with Crippen molar-refractivity contribution in [1.29, 1.82) is 0 Å². The quantitative estimate of drug-likeness (QED) is 0.849. The van der Waals surface area contributed by atoms with Gasteiger partial charge in [-0.2, -0.15) is 0 Å². The first-order valence-corrected chi connectivity index (χ1v) is 6.13. The molecule has 0 aliphatic heterocycles. The molecule has 1 heterocycles. The summed E-state index contributed by atoms with van der Waals surface area (Å²) in [5.41, 5.74) is 7.85. The standard InChI is InChI=1S/C14H20N2O2/c1-16(7-8-17-2)10-14-12(9-15)11-5-3-4-6-13(11)18-14/h3-6H,7-10,15H2,1-2H3. The molecule has 18 heavy (non-hydrogen) atoms. The molecule has 0 saturated heterocycles. The molecule has 0 radical (unpaired) electrons. The van der Waals surface area contributed by atoms with Crippen LogP contribution in [0, 0.1) is 0 Å². The van der Waals surface area contributed by atoms with Gasteiger partial charge in [0.05, 0.1) is 13.2 Å². The Hall–Kier alpha value is -1.36. The number of hydrogen-bond acceptors (Lipinski definition) is 4. The van der Waals surface area contributed by atoms with Crippen molar-refractivity contribution in [3.8, 4) is 0 Å². The van der Waals surface area contributed by atoms with Crippen LogP contribution >= 0.6 is 0 Å². The van der Waals surface area contributed by atoms with Crippen LogP contribution in [0.5, 0.6) is 0 Å². The fourth-order valence-electron chi connectivity index (χ4n) is 2.07. The zero-order valence-corrected chi connectivity index (χ0v) is 11.0. The van der Waals surface area contributed by atoms with E-state index in [0.717, 1.165) is 35.4 Å². The molecule has 2 N–H and O–H groups in total. The van der Waals surface area contributed by atoms with E-state index in [1.54, 1.807) is 7.11 Å². The number of para-hydroxylation sites is 1. The molecule has 0 atom stereocenters. The van der Waals surface area contributed by atoms with E-state index in [0.29, 0.717) is 13.2 Å². The number of nitrogens with zero attached hydrogens (tertiary/aromatic N) is 1. The van der Waals surface area contributed by atoms with Crippen LogP contribution in [-0.4, -0.2) is 32.2 Å². The Morgan fingerprint density at radius 2 is 2.11 bits per heavy atom. The van der Waals surface area contributed by atoms with Gasteiger partial charge in [0.25, 0.3) is 0 Å². The highest BCUT2D eigenvalue weighted by atomic mass is 16.5. The Kier molecular flexibility index (Phi) is 4.36. The third-order valence-electron chi connectivity index (χ3n) is 3.08. The van der Waals surface area contributed by atoms with Gasteiger partial charge in [-0.3, -0.25) is 4.90 Å². The predicted molar refractivity (Wildman–Crippen MR) is 72.3 cm³/mol. The van der Waals surface area contributed by atoms with Gasteiger partial charge in [0.15, 0.2) is 0 Å². The monoisotopic (exact) mass is 248 g/mol. The van der Waals surface area contributed by atoms with Crippen LogP contribution in [-0.2, 0) is 17.8 Å². The second kappa shape index (κ2) is 6.00. The van der Waals surface area contributed by atoms with E-state index in [2.05, 4.69) is 11.0 Å². The summed E-state index contributed by atoms with van der Waals surface area (Å²) in [6, 6.07) is 8.02. The van der Waals surface area contributed by atoms with Gasteiger partial charge in [-0.15, -0.1) is 0 Å². The number of hydrogen-bond donors (Lipinski definition) is 1. The SMILES string of the molecule is COCCN(C)Cc1oc2ccccc2c1CN. The lowest BCUT2D eigenvalue weighted by Crippen LogP contribution is -2.22. The minimum atomic E-state index is 0.504. The number of nitrogens with two attached hydrogens (primary N) is 1. The van der Waals surface area contributed by atoms with Crippen LogP contribution in [0.25, 0.3) is 11.0 Å². The molecular weight excluding hydrogens is 228 g/mol. The second-order valence-electron chi connectivity index (χ2n) is 4.43. The lowest BCUT2D eigenvalue weighted by molar-refractivity contribution is 0.155. The lowest BCUT2D eigenvalue weighted by atomic mass is 10.1. The number of benzene rings is 1. The van der Waals surface area contributed by atoms with E-state index in [-0.39, 0.29) is 0 Å². The Bertz CT molecular complexity index is 507. The summed E-state index contributed by atoms with van der Waals surface area (Å²) in [5, 5.41) is 1.12. The van der Waals surface area contributed by atoms with Gasteiger partial charge in [-0.25, -0.2) is 0 Å². The first-order valence-electron chi connectivity index (χ1n) is 6.13. The van der Waals surface area contributed by atoms with Crippen molar-refractivity contribution in [2.75, 3.05) is 27.3 Å². The number of ether oxygens (including phenoxy) is 1. The average Bonchev–Trinajstić information content (AvgIpc) is 2.73. The van der Waals surface area contributed by atoms with E-state index in [1.807, 2.05) is 25.2 Å². The molecule has 0 fully saturated rings. The maximum Gasteiger partial charge on any atom is 0.134 e. The molecule has 0 aliphatic carbocycles. The van der Waals surface area contributed by atoms with Gasteiger partial charge in [0, 0.05) is 31.1 Å². The Morgan fingerprint density at radius 1 is 1.33 bits per heavy atom. The first-order chi connectivity index (χ1) is 8.76. The van der Waals surface area contributed by atoms with Crippen molar-refractivity contribution in [1.82, 2.24) is 4.90 Å². The zero-order chi connectivity index (χ0) is 13.0. The highest BCUT2D eigenvalue weighted by molar-refractivity contribution is 5.82. The first kappa shape index (κ1) is 13.1. The third-order valence-corrected chi connectivity index (χ3v) is 3.08. The maximum atomic E-state index is 5.88. The van der Waals surface area contributed by atoms with Crippen molar-refractivity contribution < 1.29 is 9.15 Å². The van der Waals surface area contributed by atoms with Gasteiger partial charge in [0.1, 0.15) is 11.3 Å². The third kappa shape index (κ3) is 2.72. The molecule has 0 unspecified atom stereocenters. The summed E-state index contributed by atoms with van der Waals surface area (Å²) >= 11 is 0. The van der Waals surface area contributed by atoms with Crippen molar-refractivity contribution in [2.45, 2.75) is 13.1 Å². The van der Waals surface area contributed by atoms with Crippen LogP contribution in [0.3, 0.4) is 0 Å². The summed E-state index contributed by atoms with van der Waals surface area (Å²) in [6.45, 7) is 2.85. The van der Waals surface area contributed by atoms with E-state index in [9.17, 15) is 0 Å². The maximum absolute atomic E-state index is 5.88. The van der Waals surface area contributed by atoms with Gasteiger partial charge in [0.2, 0.25) is 0 Å². The molecule has 0 spiro atoms. The van der Waals surface area contributed by atoms with Gasteiger partial charge in [-0.1, -0.05) is 18.2 Å². The molecule has 0 saturated carbocycles. The molecule has 1 aromatic carbocycles. The van der Waals surface area contributed by atoms with Gasteiger partial charge in [-0.05, 0) is 13.1 Å². The van der Waals surface area contributed by atoms with Crippen LogP contribution in [0.1, 0.15) is 11.3 Å². The number of fused-ring (bicyclic) bond motifs is 1. The van der Waals surface area contributed by atoms with Crippen LogP contribution in [0.2, 0.25) is 0 Å². The highest BCUT2D eigenvalue weighted by Gasteiger charge is 2.13. The fourth-order valence-corrected chi connectivity index (χ4v) is 2.07. The Labute approximate surface area is 107 Å². The normalized spacial score (nSPS) is 11.6. The molecule has 4 nitrogen and oxygen atoms in total. The Morgan fingerprint density at radius 3 is 2.83 bits per heavy atom. The molecule has 4 heteroatoms. The molecule has 1 aromatic heterocycles. The molecule has 0 amide bonds. The predicted octanol–water partition coefficient (Wildman–Crippen LogP) is 1.97. The van der Waals surface area contributed by atoms with Crippen LogP contribution < -0.4 is 5.73 Å². The van der Waals surface area contributed by atoms with E-state index < -0.39 is 0 Å². The molecule has 0 bridgehead atoms. The van der Waals surface area contributed by atoms with Crippen molar-refractivity contribution in [3.63, 3.8) is 0 Å². The van der Waals surface area contributed by atoms with Crippen molar-refractivity contribution >= 4 is 11.0 Å². The van der Waals surface area contributed by atoms with Crippen molar-refractivity contribution in [2.24, 2.45) is 5.73 Å². The molecule has 2 aromatic rings. The minimum absolute atomic E-state index is 0.504. The minimum Gasteiger partial charge on any atom is -0.459 e. The smallest absolute Gasteiger partial charge is 0.134 e. The average molecular weight is 248 g/mol. The van der Waals surface area contributed by atoms with E-state index in [1.165, 1.54) is 0 Å². The molecule has 2 rings (SSSR count). The summed E-state index contributed by atoms with van der Waals surface area (Å²) in [4.78, 5) is 2.17. The second-order valence-corrected chi connectivity index (χ2v) is 4.43. The number of rotatable bonds is 6. The largest absolute Gasteiger partial charge is 0.459 e. The molecule has 0 aliphatic rings. The topological polar surface area (TPSA) is 51.6 Å². The van der Waals surface area contributed by atoms with Crippen LogP contribution in [0.4, 0.5) is 0 Å². The lowest BCUT2D eigenvalue weighted by Gasteiger charge is -2.14. The number of likely N-dealkylation sites (N-methyl/N-ethyl adjacent to an activating group) is 1. The summed E-state index contributed by atoms with van der Waals surface area (Å²) in [5.74, 6) is 0.956. The summed E-state index contributed by atoms with van der Waals surface area (Å²) in [7, 11) is 3.76. The van der Waals surface area contributed by atoms with E-state index in [4.69, 9.17) is 14.9 Å². The highest BCUT2D eigenvalue weighted by Crippen LogP contribution is 2.26. The summed E-state index contributed by atoms with van der Waals surface area (Å²) in [6.07, 6.45) is 0. The van der Waals surface area contributed by atoms with Crippen molar-refractivity contribution in [3.05, 3.63) is 35.6 Å². The number of furan rings is 1. The number of methoxy groups -OCH3 is 1. The molecule has 98 valence electrons. The molecular formula is C14H20N2O2. The van der Waals surface area contributed by atoms with Gasteiger partial charge < -0.3 is 14.9 Å². The summed E-state index contributed by atoms with van der Waals surface area (Å²) < 4.78 is 10.9. The van der Waals surface area contributed by atoms with Crippen LogP contribution in [0.15, 0.2) is 28.7 Å². The Balaban J connectivity index is 2.21.